The topological polar surface area (TPSA) is 78.9 Å². The number of aromatic nitrogens is 2. The summed E-state index contributed by atoms with van der Waals surface area (Å²) in [5.41, 5.74) is 2.76. The molecule has 1 atom stereocenters. The first kappa shape index (κ1) is 19.8. The number of amides is 1. The summed E-state index contributed by atoms with van der Waals surface area (Å²) in [6.07, 6.45) is 0. The smallest absolute Gasteiger partial charge is 0.277 e. The van der Waals surface area contributed by atoms with Crippen LogP contribution in [0.2, 0.25) is 0 Å². The molecule has 0 bridgehead atoms. The van der Waals surface area contributed by atoms with E-state index in [0.717, 1.165) is 22.8 Å². The molecule has 1 amide bonds. The number of halogens is 1. The van der Waals surface area contributed by atoms with Gasteiger partial charge in [-0.1, -0.05) is 23.5 Å². The molecule has 1 aromatic heterocycles. The van der Waals surface area contributed by atoms with E-state index in [0.29, 0.717) is 17.3 Å². The lowest BCUT2D eigenvalue weighted by atomic mass is 10.0. The molecule has 0 saturated heterocycles. The van der Waals surface area contributed by atoms with Crippen molar-refractivity contribution in [1.29, 1.82) is 0 Å². The average molecular weight is 416 g/mol. The van der Waals surface area contributed by atoms with Crippen LogP contribution >= 0.6 is 23.8 Å². The van der Waals surface area contributed by atoms with Gasteiger partial charge in [-0.05, 0) is 71.6 Å². The van der Waals surface area contributed by atoms with E-state index in [1.165, 1.54) is 12.1 Å². The quantitative estimate of drug-likeness (QED) is 0.528. The van der Waals surface area contributed by atoms with E-state index in [4.69, 9.17) is 12.2 Å². The van der Waals surface area contributed by atoms with Crippen LogP contribution in [0, 0.1) is 5.82 Å². The fourth-order valence-corrected chi connectivity index (χ4v) is 3.06. The monoisotopic (exact) mass is 415 g/mol. The predicted molar refractivity (Wildman–Crippen MR) is 113 cm³/mol. The molecule has 0 fully saturated rings. The molecule has 6 nitrogen and oxygen atoms in total. The lowest BCUT2D eigenvalue weighted by Gasteiger charge is -2.16. The Balaban J connectivity index is 1.47. The van der Waals surface area contributed by atoms with E-state index < -0.39 is 0 Å². The highest BCUT2D eigenvalue weighted by Crippen LogP contribution is 2.16. The number of rotatable bonds is 6. The van der Waals surface area contributed by atoms with E-state index in [2.05, 4.69) is 25.5 Å². The van der Waals surface area contributed by atoms with Gasteiger partial charge in [0, 0.05) is 23.3 Å². The van der Waals surface area contributed by atoms with Gasteiger partial charge in [0.05, 0.1) is 0 Å². The molecule has 0 aliphatic carbocycles. The van der Waals surface area contributed by atoms with Crippen LogP contribution in [0.25, 0.3) is 0 Å². The van der Waals surface area contributed by atoms with Crippen molar-refractivity contribution in [3.8, 4) is 0 Å². The van der Waals surface area contributed by atoms with Gasteiger partial charge in [0.25, 0.3) is 5.91 Å². The Hall–Kier alpha value is -2.91. The summed E-state index contributed by atoms with van der Waals surface area (Å²) in [5, 5.41) is 14.8. The van der Waals surface area contributed by atoms with Crippen LogP contribution in [-0.4, -0.2) is 27.2 Å². The minimum absolute atomic E-state index is 0.179. The minimum Gasteiger partial charge on any atom is -0.362 e. The maximum Gasteiger partial charge on any atom is 0.277 e. The molecule has 9 heteroatoms. The van der Waals surface area contributed by atoms with Crippen molar-refractivity contribution in [2.45, 2.75) is 12.8 Å². The van der Waals surface area contributed by atoms with E-state index >= 15 is 0 Å². The number of nitrogens with one attached hydrogen (secondary N) is 3. The summed E-state index contributed by atoms with van der Waals surface area (Å²) in [6.45, 7) is 2.66. The molecule has 0 radical (unpaired) electrons. The lowest BCUT2D eigenvalue weighted by Crippen LogP contribution is -2.31. The Kier molecular flexibility index (Phi) is 6.62. The molecular formula is C19H18FN5OS2. The van der Waals surface area contributed by atoms with E-state index in [-0.39, 0.29) is 23.3 Å². The second-order valence-electron chi connectivity index (χ2n) is 6.11. The molecule has 0 spiro atoms. The zero-order valence-electron chi connectivity index (χ0n) is 15.0. The summed E-state index contributed by atoms with van der Waals surface area (Å²) in [6, 6.07) is 13.6. The Morgan fingerprint density at radius 2 is 1.75 bits per heavy atom. The summed E-state index contributed by atoms with van der Waals surface area (Å²) in [4.78, 5) is 11.9. The van der Waals surface area contributed by atoms with Gasteiger partial charge in [-0.3, -0.25) is 4.79 Å². The van der Waals surface area contributed by atoms with Crippen molar-refractivity contribution < 1.29 is 9.18 Å². The second-order valence-corrected chi connectivity index (χ2v) is 7.13. The van der Waals surface area contributed by atoms with E-state index in [1.807, 2.05) is 19.1 Å². The molecule has 3 N–H and O–H groups in total. The van der Waals surface area contributed by atoms with E-state index in [9.17, 15) is 9.18 Å². The normalized spacial score (nSPS) is 11.5. The fraction of sp³-hybridized carbons (Fsp3) is 0.158. The molecule has 1 heterocycles. The van der Waals surface area contributed by atoms with Crippen molar-refractivity contribution in [1.82, 2.24) is 14.9 Å². The first-order chi connectivity index (χ1) is 13.5. The number of nitrogens with zero attached hydrogens (tertiary/aromatic N) is 2. The Bertz CT molecular complexity index is 930. The van der Waals surface area contributed by atoms with E-state index in [1.54, 1.807) is 29.6 Å². The van der Waals surface area contributed by atoms with Gasteiger partial charge in [0.1, 0.15) is 5.82 Å². The summed E-state index contributed by atoms with van der Waals surface area (Å²) in [7, 11) is 0. The van der Waals surface area contributed by atoms with Gasteiger partial charge in [0.15, 0.2) is 10.8 Å². The van der Waals surface area contributed by atoms with Crippen LogP contribution in [0.1, 0.15) is 28.9 Å². The number of hydrogen-bond acceptors (Lipinski definition) is 5. The van der Waals surface area contributed by atoms with Crippen molar-refractivity contribution >= 4 is 46.1 Å². The molecule has 3 rings (SSSR count). The first-order valence-corrected chi connectivity index (χ1v) is 9.74. The Morgan fingerprint density at radius 1 is 1.11 bits per heavy atom. The van der Waals surface area contributed by atoms with Gasteiger partial charge >= 0.3 is 0 Å². The number of thiocarbonyl (C=S) groups is 1. The number of carbonyl (C=O) groups excluding carboxylic acids is 1. The largest absolute Gasteiger partial charge is 0.362 e. The molecule has 0 aliphatic rings. The molecule has 1 unspecified atom stereocenters. The number of benzene rings is 2. The summed E-state index contributed by atoms with van der Waals surface area (Å²) >= 11 is 6.44. The molecule has 144 valence electrons. The van der Waals surface area contributed by atoms with Gasteiger partial charge in [-0.2, -0.15) is 0 Å². The van der Waals surface area contributed by atoms with Crippen LogP contribution in [0.5, 0.6) is 0 Å². The molecule has 0 aliphatic heterocycles. The maximum absolute atomic E-state index is 13.0. The molecule has 0 saturated carbocycles. The van der Waals surface area contributed by atoms with Crippen molar-refractivity contribution in [3.63, 3.8) is 0 Å². The summed E-state index contributed by atoms with van der Waals surface area (Å²) in [5.74, 6) is -0.372. The van der Waals surface area contributed by atoms with Crippen LogP contribution in [0.15, 0.2) is 53.9 Å². The van der Waals surface area contributed by atoms with Gasteiger partial charge in [-0.15, -0.1) is 5.10 Å². The highest BCUT2D eigenvalue weighted by molar-refractivity contribution is 7.80. The zero-order valence-corrected chi connectivity index (χ0v) is 16.6. The van der Waals surface area contributed by atoms with Crippen LogP contribution in [0.3, 0.4) is 0 Å². The highest BCUT2D eigenvalue weighted by Gasteiger charge is 2.09. The standard InChI is InChI=1S/C19H18FN5OS2/c1-12(13-2-4-14(20)5-3-13)10-21-19(27)23-16-8-6-15(7-9-16)22-18(26)17-11-28-25-24-17/h2-9,11-12H,10H2,1H3,(H,22,26)(H2,21,23,27). The minimum atomic E-state index is -0.304. The lowest BCUT2D eigenvalue weighted by molar-refractivity contribution is 0.102. The zero-order chi connectivity index (χ0) is 19.9. The first-order valence-electron chi connectivity index (χ1n) is 8.50. The Labute approximate surface area is 171 Å². The van der Waals surface area contributed by atoms with Gasteiger partial charge in [-0.25, -0.2) is 4.39 Å². The fourth-order valence-electron chi connectivity index (χ4n) is 2.43. The maximum atomic E-state index is 13.0. The van der Waals surface area contributed by atoms with Crippen molar-refractivity contribution in [2.24, 2.45) is 0 Å². The third kappa shape index (κ3) is 5.54. The third-order valence-electron chi connectivity index (χ3n) is 4.00. The molecule has 3 aromatic rings. The molecule has 28 heavy (non-hydrogen) atoms. The van der Waals surface area contributed by atoms with Crippen molar-refractivity contribution in [2.75, 3.05) is 17.2 Å². The van der Waals surface area contributed by atoms with Gasteiger partial charge in [0.2, 0.25) is 0 Å². The van der Waals surface area contributed by atoms with Crippen molar-refractivity contribution in [3.05, 3.63) is 71.0 Å². The van der Waals surface area contributed by atoms with Gasteiger partial charge < -0.3 is 16.0 Å². The number of anilines is 2. The number of carbonyl (C=O) groups is 1. The summed E-state index contributed by atoms with van der Waals surface area (Å²) < 4.78 is 16.7. The molecule has 2 aromatic carbocycles. The SMILES string of the molecule is CC(CNC(=S)Nc1ccc(NC(=O)c2csnn2)cc1)c1ccc(F)cc1. The highest BCUT2D eigenvalue weighted by atomic mass is 32.1. The average Bonchev–Trinajstić information content (AvgIpc) is 3.23. The van der Waals surface area contributed by atoms with Crippen LogP contribution in [-0.2, 0) is 0 Å². The predicted octanol–water partition coefficient (Wildman–Crippen LogP) is 4.02. The van der Waals surface area contributed by atoms with Crippen LogP contribution in [0.4, 0.5) is 15.8 Å². The molecular weight excluding hydrogens is 397 g/mol. The second kappa shape index (κ2) is 9.34. The third-order valence-corrected chi connectivity index (χ3v) is 4.75. The number of hydrogen-bond donors (Lipinski definition) is 3. The van der Waals surface area contributed by atoms with Crippen LogP contribution < -0.4 is 16.0 Å². The Morgan fingerprint density at radius 3 is 2.36 bits per heavy atom.